The van der Waals surface area contributed by atoms with Crippen molar-refractivity contribution in [2.45, 2.75) is 38.6 Å². The van der Waals surface area contributed by atoms with Crippen molar-refractivity contribution in [2.75, 3.05) is 27.2 Å². The molecular formula is C18H25FN4OS. The number of nitrogens with zero attached hydrogens (tertiary/aromatic N) is 4. The molecule has 2 aromatic rings. The highest BCUT2D eigenvalue weighted by Crippen LogP contribution is 2.24. The molecule has 0 saturated carbocycles. The van der Waals surface area contributed by atoms with Crippen LogP contribution in [0.3, 0.4) is 0 Å². The second-order valence-corrected chi connectivity index (χ2v) is 7.74. The van der Waals surface area contributed by atoms with Crippen LogP contribution < -0.4 is 4.74 Å². The van der Waals surface area contributed by atoms with Gasteiger partial charge in [-0.25, -0.2) is 14.4 Å². The summed E-state index contributed by atoms with van der Waals surface area (Å²) in [5, 5.41) is 3.14. The Kier molecular flexibility index (Phi) is 5.98. The molecule has 0 aromatic carbocycles. The van der Waals surface area contributed by atoms with Gasteiger partial charge in [-0.15, -0.1) is 11.3 Å². The van der Waals surface area contributed by atoms with Gasteiger partial charge >= 0.3 is 0 Å². The molecule has 3 heterocycles. The van der Waals surface area contributed by atoms with E-state index in [4.69, 9.17) is 4.74 Å². The quantitative estimate of drug-likeness (QED) is 0.756. The van der Waals surface area contributed by atoms with E-state index in [1.807, 2.05) is 25.3 Å². The number of hydrogen-bond donors (Lipinski definition) is 0. The highest BCUT2D eigenvalue weighted by Gasteiger charge is 2.33. The van der Waals surface area contributed by atoms with Crippen LogP contribution in [0.5, 0.6) is 5.88 Å². The van der Waals surface area contributed by atoms with Crippen molar-refractivity contribution in [3.8, 4) is 5.88 Å². The van der Waals surface area contributed by atoms with Gasteiger partial charge in [0.2, 0.25) is 5.88 Å². The fourth-order valence-corrected chi connectivity index (χ4v) is 3.96. The first-order valence-electron chi connectivity index (χ1n) is 8.50. The molecule has 0 radical (unpaired) electrons. The fraction of sp³-hybridized carbons (Fsp3) is 0.556. The Morgan fingerprint density at radius 1 is 1.44 bits per heavy atom. The van der Waals surface area contributed by atoms with Gasteiger partial charge in [0.05, 0.1) is 17.8 Å². The molecular weight excluding hydrogens is 339 g/mol. The predicted octanol–water partition coefficient (Wildman–Crippen LogP) is 2.90. The zero-order valence-corrected chi connectivity index (χ0v) is 15.8. The molecule has 7 heteroatoms. The van der Waals surface area contributed by atoms with E-state index in [0.717, 1.165) is 35.9 Å². The summed E-state index contributed by atoms with van der Waals surface area (Å²) >= 11 is 1.65. The van der Waals surface area contributed by atoms with Crippen LogP contribution in [0.2, 0.25) is 0 Å². The van der Waals surface area contributed by atoms with Gasteiger partial charge in [-0.1, -0.05) is 6.07 Å². The lowest BCUT2D eigenvalue weighted by Crippen LogP contribution is -2.38. The summed E-state index contributed by atoms with van der Waals surface area (Å²) in [5.74, 6) is 0.618. The van der Waals surface area contributed by atoms with E-state index in [1.165, 1.54) is 0 Å². The summed E-state index contributed by atoms with van der Waals surface area (Å²) in [6.45, 7) is 4.85. The Bertz CT molecular complexity index is 678. The molecule has 0 amide bonds. The molecule has 0 aliphatic carbocycles. The molecule has 1 saturated heterocycles. The van der Waals surface area contributed by atoms with E-state index in [9.17, 15) is 4.39 Å². The van der Waals surface area contributed by atoms with E-state index in [-0.39, 0.29) is 6.04 Å². The van der Waals surface area contributed by atoms with Crippen LogP contribution in [0, 0.1) is 6.92 Å². The fourth-order valence-electron chi connectivity index (χ4n) is 3.36. The van der Waals surface area contributed by atoms with Crippen molar-refractivity contribution in [1.29, 1.82) is 0 Å². The van der Waals surface area contributed by atoms with Gasteiger partial charge in [0.25, 0.3) is 0 Å². The standard InChI is InChI=1S/C18H25FN4OS/c1-13-21-16(12-25-13)10-23-9-15(19)6-17(23)11-22(2)8-14-4-5-18(24-3)20-7-14/h4-5,7,12,15,17H,6,8-11H2,1-3H3/t15-,17-/m0/s1. The van der Waals surface area contributed by atoms with Gasteiger partial charge < -0.3 is 9.64 Å². The minimum Gasteiger partial charge on any atom is -0.481 e. The molecule has 0 spiro atoms. The van der Waals surface area contributed by atoms with Gasteiger partial charge in [-0.2, -0.15) is 0 Å². The number of rotatable bonds is 7. The van der Waals surface area contributed by atoms with Gasteiger partial charge in [-0.3, -0.25) is 4.90 Å². The molecule has 0 N–H and O–H groups in total. The summed E-state index contributed by atoms with van der Waals surface area (Å²) in [7, 11) is 3.68. The molecule has 136 valence electrons. The molecule has 25 heavy (non-hydrogen) atoms. The van der Waals surface area contributed by atoms with Crippen LogP contribution in [-0.2, 0) is 13.1 Å². The maximum Gasteiger partial charge on any atom is 0.212 e. The number of aryl methyl sites for hydroxylation is 1. The smallest absolute Gasteiger partial charge is 0.212 e. The first kappa shape index (κ1) is 18.2. The van der Waals surface area contributed by atoms with E-state index < -0.39 is 6.17 Å². The van der Waals surface area contributed by atoms with Crippen LogP contribution in [0.1, 0.15) is 22.7 Å². The van der Waals surface area contributed by atoms with Crippen molar-refractivity contribution in [2.24, 2.45) is 0 Å². The highest BCUT2D eigenvalue weighted by molar-refractivity contribution is 7.09. The Morgan fingerprint density at radius 2 is 2.28 bits per heavy atom. The highest BCUT2D eigenvalue weighted by atomic mass is 32.1. The summed E-state index contributed by atoms with van der Waals surface area (Å²) in [4.78, 5) is 13.2. The molecule has 1 aliphatic heterocycles. The van der Waals surface area contributed by atoms with Crippen LogP contribution in [0.4, 0.5) is 4.39 Å². The van der Waals surface area contributed by atoms with E-state index >= 15 is 0 Å². The molecule has 1 fully saturated rings. The van der Waals surface area contributed by atoms with Crippen molar-refractivity contribution in [1.82, 2.24) is 19.8 Å². The number of hydrogen-bond acceptors (Lipinski definition) is 6. The minimum absolute atomic E-state index is 0.216. The minimum atomic E-state index is -0.749. The Morgan fingerprint density at radius 3 is 2.92 bits per heavy atom. The van der Waals surface area contributed by atoms with Crippen molar-refractivity contribution in [3.63, 3.8) is 0 Å². The molecule has 5 nitrogen and oxygen atoms in total. The zero-order valence-electron chi connectivity index (χ0n) is 15.0. The van der Waals surface area contributed by atoms with Gasteiger partial charge in [0.15, 0.2) is 0 Å². The number of alkyl halides is 1. The third-order valence-electron chi connectivity index (χ3n) is 4.49. The second kappa shape index (κ2) is 8.21. The van der Waals surface area contributed by atoms with Crippen LogP contribution in [0.25, 0.3) is 0 Å². The summed E-state index contributed by atoms with van der Waals surface area (Å²) < 4.78 is 19.1. The number of halogens is 1. The SMILES string of the molecule is COc1ccc(CN(C)C[C@@H]2C[C@H](F)CN2Cc2csc(C)n2)cn1. The lowest BCUT2D eigenvalue weighted by molar-refractivity contribution is 0.179. The Balaban J connectivity index is 1.57. The molecule has 0 unspecified atom stereocenters. The van der Waals surface area contributed by atoms with Crippen LogP contribution in [-0.4, -0.2) is 59.2 Å². The lowest BCUT2D eigenvalue weighted by atomic mass is 10.2. The molecule has 0 bridgehead atoms. The number of methoxy groups -OCH3 is 1. The first-order valence-corrected chi connectivity index (χ1v) is 9.38. The third-order valence-corrected chi connectivity index (χ3v) is 5.31. The van der Waals surface area contributed by atoms with Crippen LogP contribution >= 0.6 is 11.3 Å². The first-order chi connectivity index (χ1) is 12.0. The largest absolute Gasteiger partial charge is 0.481 e. The Labute approximate surface area is 152 Å². The van der Waals surface area contributed by atoms with Crippen molar-refractivity contribution < 1.29 is 9.13 Å². The number of likely N-dealkylation sites (tertiary alicyclic amines) is 1. The molecule has 1 aliphatic rings. The molecule has 3 rings (SSSR count). The summed E-state index contributed by atoms with van der Waals surface area (Å²) in [6, 6.07) is 4.10. The monoisotopic (exact) mass is 364 g/mol. The molecule has 2 aromatic heterocycles. The van der Waals surface area contributed by atoms with E-state index in [2.05, 4.69) is 32.2 Å². The topological polar surface area (TPSA) is 41.5 Å². The average Bonchev–Trinajstić information content (AvgIpc) is 3.14. The van der Waals surface area contributed by atoms with Gasteiger partial charge in [0.1, 0.15) is 6.17 Å². The average molecular weight is 364 g/mol. The van der Waals surface area contributed by atoms with Crippen LogP contribution in [0.15, 0.2) is 23.7 Å². The van der Waals surface area contributed by atoms with E-state index in [0.29, 0.717) is 18.8 Å². The maximum absolute atomic E-state index is 14.0. The number of ether oxygens (including phenoxy) is 1. The zero-order chi connectivity index (χ0) is 17.8. The number of likely N-dealkylation sites (N-methyl/N-ethyl adjacent to an activating group) is 1. The predicted molar refractivity (Wildman–Crippen MR) is 97.7 cm³/mol. The van der Waals surface area contributed by atoms with Gasteiger partial charge in [0, 0.05) is 49.9 Å². The molecule has 2 atom stereocenters. The number of aromatic nitrogens is 2. The normalized spacial score (nSPS) is 21.2. The van der Waals surface area contributed by atoms with E-state index in [1.54, 1.807) is 18.4 Å². The number of pyridine rings is 1. The second-order valence-electron chi connectivity index (χ2n) is 6.68. The number of thiazole rings is 1. The summed E-state index contributed by atoms with van der Waals surface area (Å²) in [6.07, 6.45) is 1.67. The van der Waals surface area contributed by atoms with Gasteiger partial charge in [-0.05, 0) is 26.0 Å². The summed E-state index contributed by atoms with van der Waals surface area (Å²) in [5.41, 5.74) is 2.17. The van der Waals surface area contributed by atoms with Crippen molar-refractivity contribution in [3.05, 3.63) is 40.0 Å². The Hall–Kier alpha value is -1.57. The lowest BCUT2D eigenvalue weighted by Gasteiger charge is -2.27. The third kappa shape index (κ3) is 4.96. The van der Waals surface area contributed by atoms with Crippen molar-refractivity contribution >= 4 is 11.3 Å². The maximum atomic E-state index is 14.0.